The van der Waals surface area contributed by atoms with Crippen molar-refractivity contribution in [2.75, 3.05) is 0 Å². The highest BCUT2D eigenvalue weighted by Crippen LogP contribution is 2.35. The molecule has 3 heteroatoms. The standard InChI is InChI=1S/C11H21NO2/c1-8(2)6-11(12-9(3)13)5-4-10(14)7-11/h8,10,14H,4-7H2,1-3H3,(H,12,13). The van der Waals surface area contributed by atoms with Crippen LogP contribution in [0.3, 0.4) is 0 Å². The van der Waals surface area contributed by atoms with Crippen molar-refractivity contribution in [3.05, 3.63) is 0 Å². The number of carbonyl (C=O) groups is 1. The lowest BCUT2D eigenvalue weighted by molar-refractivity contribution is -0.121. The first-order valence-electron chi connectivity index (χ1n) is 5.40. The molecule has 0 radical (unpaired) electrons. The summed E-state index contributed by atoms with van der Waals surface area (Å²) in [5.41, 5.74) is -0.139. The van der Waals surface area contributed by atoms with E-state index in [1.165, 1.54) is 0 Å². The van der Waals surface area contributed by atoms with Gasteiger partial charge in [0.15, 0.2) is 0 Å². The fraction of sp³-hybridized carbons (Fsp3) is 0.909. The smallest absolute Gasteiger partial charge is 0.217 e. The second-order valence-electron chi connectivity index (χ2n) is 4.96. The molecule has 14 heavy (non-hydrogen) atoms. The summed E-state index contributed by atoms with van der Waals surface area (Å²) >= 11 is 0. The number of aliphatic hydroxyl groups excluding tert-OH is 1. The Labute approximate surface area is 85.9 Å². The second-order valence-corrected chi connectivity index (χ2v) is 4.96. The predicted octanol–water partition coefficient (Wildman–Crippen LogP) is 1.45. The van der Waals surface area contributed by atoms with Gasteiger partial charge in [-0.25, -0.2) is 0 Å². The molecule has 3 nitrogen and oxygen atoms in total. The van der Waals surface area contributed by atoms with Crippen molar-refractivity contribution >= 4 is 5.91 Å². The molecule has 0 aromatic heterocycles. The van der Waals surface area contributed by atoms with Crippen LogP contribution >= 0.6 is 0 Å². The minimum atomic E-state index is -0.236. The molecule has 2 atom stereocenters. The van der Waals surface area contributed by atoms with Gasteiger partial charge >= 0.3 is 0 Å². The lowest BCUT2D eigenvalue weighted by Gasteiger charge is -2.31. The third kappa shape index (κ3) is 2.98. The Morgan fingerprint density at radius 3 is 2.64 bits per heavy atom. The minimum absolute atomic E-state index is 0.0137. The summed E-state index contributed by atoms with van der Waals surface area (Å²) in [6.45, 7) is 5.84. The van der Waals surface area contributed by atoms with Crippen molar-refractivity contribution in [1.29, 1.82) is 0 Å². The van der Waals surface area contributed by atoms with Gasteiger partial charge in [-0.2, -0.15) is 0 Å². The molecule has 1 amide bonds. The van der Waals surface area contributed by atoms with Crippen molar-refractivity contribution in [1.82, 2.24) is 5.32 Å². The highest BCUT2D eigenvalue weighted by Gasteiger charge is 2.39. The van der Waals surface area contributed by atoms with E-state index in [0.717, 1.165) is 19.3 Å². The average molecular weight is 199 g/mol. The molecule has 1 aliphatic rings. The molecule has 1 rings (SSSR count). The molecule has 0 aromatic rings. The summed E-state index contributed by atoms with van der Waals surface area (Å²) in [5, 5.41) is 12.6. The first-order chi connectivity index (χ1) is 6.43. The maximum Gasteiger partial charge on any atom is 0.217 e. The van der Waals surface area contributed by atoms with Crippen molar-refractivity contribution in [3.8, 4) is 0 Å². The quantitative estimate of drug-likeness (QED) is 0.723. The van der Waals surface area contributed by atoms with Crippen LogP contribution < -0.4 is 5.32 Å². The Morgan fingerprint density at radius 1 is 1.64 bits per heavy atom. The molecule has 2 unspecified atom stereocenters. The number of carbonyl (C=O) groups excluding carboxylic acids is 1. The van der Waals surface area contributed by atoms with E-state index in [1.54, 1.807) is 6.92 Å². The van der Waals surface area contributed by atoms with Gasteiger partial charge in [0.2, 0.25) is 5.91 Å². The van der Waals surface area contributed by atoms with Gasteiger partial charge in [-0.3, -0.25) is 4.79 Å². The lowest BCUT2D eigenvalue weighted by atomic mass is 9.87. The van der Waals surface area contributed by atoms with Gasteiger partial charge in [-0.15, -0.1) is 0 Å². The van der Waals surface area contributed by atoms with E-state index in [0.29, 0.717) is 12.3 Å². The van der Waals surface area contributed by atoms with Gasteiger partial charge in [0.1, 0.15) is 0 Å². The Balaban J connectivity index is 2.64. The number of rotatable bonds is 3. The normalized spacial score (nSPS) is 32.2. The van der Waals surface area contributed by atoms with Gasteiger partial charge < -0.3 is 10.4 Å². The van der Waals surface area contributed by atoms with Crippen LogP contribution in [0.2, 0.25) is 0 Å². The number of amides is 1. The molecule has 0 aliphatic heterocycles. The fourth-order valence-corrected chi connectivity index (χ4v) is 2.60. The summed E-state index contributed by atoms with van der Waals surface area (Å²) < 4.78 is 0. The van der Waals surface area contributed by atoms with E-state index in [2.05, 4.69) is 19.2 Å². The van der Waals surface area contributed by atoms with Crippen molar-refractivity contribution in [3.63, 3.8) is 0 Å². The molecule has 1 fully saturated rings. The largest absolute Gasteiger partial charge is 0.393 e. The van der Waals surface area contributed by atoms with Crippen LogP contribution in [0.5, 0.6) is 0 Å². The average Bonchev–Trinajstić information content (AvgIpc) is 2.28. The molecule has 0 spiro atoms. The highest BCUT2D eigenvalue weighted by atomic mass is 16.3. The Bertz CT molecular complexity index is 215. The van der Waals surface area contributed by atoms with Crippen LogP contribution in [0.1, 0.15) is 46.5 Å². The summed E-state index contributed by atoms with van der Waals surface area (Å²) in [7, 11) is 0. The van der Waals surface area contributed by atoms with Gasteiger partial charge in [0.05, 0.1) is 6.10 Å². The van der Waals surface area contributed by atoms with Crippen LogP contribution in [0.25, 0.3) is 0 Å². The van der Waals surface area contributed by atoms with Crippen molar-refractivity contribution in [2.24, 2.45) is 5.92 Å². The molecular formula is C11H21NO2. The maximum absolute atomic E-state index is 11.1. The third-order valence-corrected chi connectivity index (χ3v) is 2.82. The predicted molar refractivity (Wildman–Crippen MR) is 55.9 cm³/mol. The molecule has 1 aliphatic carbocycles. The molecule has 2 N–H and O–H groups in total. The van der Waals surface area contributed by atoms with Crippen molar-refractivity contribution in [2.45, 2.75) is 58.1 Å². The van der Waals surface area contributed by atoms with Gasteiger partial charge in [0, 0.05) is 12.5 Å². The highest BCUT2D eigenvalue weighted by molar-refractivity contribution is 5.73. The minimum Gasteiger partial charge on any atom is -0.393 e. The molecule has 82 valence electrons. The summed E-state index contributed by atoms with van der Waals surface area (Å²) in [6.07, 6.45) is 3.16. The number of hydrogen-bond donors (Lipinski definition) is 2. The van der Waals surface area contributed by atoms with Gasteiger partial charge in [-0.05, 0) is 31.6 Å². The first-order valence-corrected chi connectivity index (χ1v) is 5.40. The summed E-state index contributed by atoms with van der Waals surface area (Å²) in [5.74, 6) is 0.562. The van der Waals surface area contributed by atoms with E-state index in [4.69, 9.17) is 0 Å². The number of aliphatic hydroxyl groups is 1. The SMILES string of the molecule is CC(=O)NC1(CC(C)C)CCC(O)C1. The zero-order chi connectivity index (χ0) is 10.8. The fourth-order valence-electron chi connectivity index (χ4n) is 2.60. The van der Waals surface area contributed by atoms with Crippen LogP contribution in [0.4, 0.5) is 0 Å². The number of nitrogens with one attached hydrogen (secondary N) is 1. The van der Waals surface area contributed by atoms with Crippen LogP contribution in [-0.2, 0) is 4.79 Å². The molecule has 1 saturated carbocycles. The lowest BCUT2D eigenvalue weighted by Crippen LogP contribution is -2.46. The Hall–Kier alpha value is -0.570. The van der Waals surface area contributed by atoms with Crippen LogP contribution in [0.15, 0.2) is 0 Å². The second kappa shape index (κ2) is 4.30. The van der Waals surface area contributed by atoms with Crippen molar-refractivity contribution < 1.29 is 9.90 Å². The molecule has 0 aromatic carbocycles. The van der Waals surface area contributed by atoms with E-state index in [9.17, 15) is 9.90 Å². The first kappa shape index (κ1) is 11.5. The van der Waals surface area contributed by atoms with E-state index >= 15 is 0 Å². The summed E-state index contributed by atoms with van der Waals surface area (Å²) in [4.78, 5) is 11.1. The third-order valence-electron chi connectivity index (χ3n) is 2.82. The Kier molecular flexibility index (Phi) is 3.53. The molecular weight excluding hydrogens is 178 g/mol. The molecule has 0 heterocycles. The zero-order valence-corrected chi connectivity index (χ0v) is 9.34. The van der Waals surface area contributed by atoms with Crippen LogP contribution in [-0.4, -0.2) is 22.7 Å². The monoisotopic (exact) mass is 199 g/mol. The van der Waals surface area contributed by atoms with Crippen LogP contribution in [0, 0.1) is 5.92 Å². The maximum atomic E-state index is 11.1. The van der Waals surface area contributed by atoms with Gasteiger partial charge in [0.25, 0.3) is 0 Å². The molecule has 0 bridgehead atoms. The number of hydrogen-bond acceptors (Lipinski definition) is 2. The molecule has 0 saturated heterocycles. The van der Waals surface area contributed by atoms with E-state index in [1.807, 2.05) is 0 Å². The topological polar surface area (TPSA) is 49.3 Å². The van der Waals surface area contributed by atoms with E-state index in [-0.39, 0.29) is 17.6 Å². The Morgan fingerprint density at radius 2 is 2.29 bits per heavy atom. The summed E-state index contributed by atoms with van der Waals surface area (Å²) in [6, 6.07) is 0. The zero-order valence-electron chi connectivity index (χ0n) is 9.34. The van der Waals surface area contributed by atoms with Gasteiger partial charge in [-0.1, -0.05) is 13.8 Å². The van der Waals surface area contributed by atoms with E-state index < -0.39 is 0 Å².